The van der Waals surface area contributed by atoms with E-state index in [4.69, 9.17) is 16.3 Å². The van der Waals surface area contributed by atoms with Gasteiger partial charge in [0.25, 0.3) is 5.91 Å². The third kappa shape index (κ3) is 9.51. The molecule has 55 heavy (non-hydrogen) atoms. The van der Waals surface area contributed by atoms with E-state index in [1.165, 1.54) is 4.90 Å². The van der Waals surface area contributed by atoms with Crippen molar-refractivity contribution in [3.05, 3.63) is 119 Å². The molecule has 5 amide bonds. The number of alkyl halides is 1. The number of allylic oxidation sites excluding steroid dienone is 1. The topological polar surface area (TPSA) is 174 Å². The Morgan fingerprint density at radius 1 is 0.818 bits per heavy atom. The molecule has 12 nitrogen and oxygen atoms in total. The van der Waals surface area contributed by atoms with Crippen molar-refractivity contribution in [2.45, 2.75) is 51.1 Å². The minimum Gasteiger partial charge on any atom is -0.508 e. The van der Waals surface area contributed by atoms with Crippen LogP contribution >= 0.6 is 11.6 Å². The van der Waals surface area contributed by atoms with Crippen LogP contribution in [0, 0.1) is 0 Å². The van der Waals surface area contributed by atoms with Crippen LogP contribution in [-0.4, -0.2) is 69.7 Å². The first-order chi connectivity index (χ1) is 26.6. The van der Waals surface area contributed by atoms with Crippen molar-refractivity contribution in [2.75, 3.05) is 24.3 Å². The van der Waals surface area contributed by atoms with Crippen molar-refractivity contribution < 1.29 is 38.9 Å². The van der Waals surface area contributed by atoms with Crippen molar-refractivity contribution in [1.82, 2.24) is 15.5 Å². The number of piperidine rings is 1. The van der Waals surface area contributed by atoms with Gasteiger partial charge >= 0.3 is 0 Å². The van der Waals surface area contributed by atoms with Gasteiger partial charge in [0.2, 0.25) is 23.6 Å². The summed E-state index contributed by atoms with van der Waals surface area (Å²) in [6, 6.07) is 25.7. The molecular weight excluding hydrogens is 724 g/mol. The maximum Gasteiger partial charge on any atom is 0.255 e. The summed E-state index contributed by atoms with van der Waals surface area (Å²) >= 11 is 6.25. The monoisotopic (exact) mass is 764 g/mol. The Morgan fingerprint density at radius 3 is 2.11 bits per heavy atom. The summed E-state index contributed by atoms with van der Waals surface area (Å²) in [5.41, 5.74) is 6.10. The highest BCUT2D eigenvalue weighted by molar-refractivity contribution is 6.18. The molecule has 284 valence electrons. The lowest BCUT2D eigenvalue weighted by Crippen LogP contribution is -2.52. The summed E-state index contributed by atoms with van der Waals surface area (Å²) in [6.45, 7) is 0.630. The van der Waals surface area contributed by atoms with Crippen LogP contribution in [0.1, 0.15) is 71.1 Å². The number of halogens is 1. The molecule has 2 aliphatic heterocycles. The van der Waals surface area contributed by atoms with Gasteiger partial charge in [-0.3, -0.25) is 29.3 Å². The highest BCUT2D eigenvalue weighted by atomic mass is 35.5. The number of hydrogen-bond donors (Lipinski definition) is 5. The summed E-state index contributed by atoms with van der Waals surface area (Å²) in [6.07, 6.45) is 1.49. The van der Waals surface area contributed by atoms with E-state index in [0.717, 1.165) is 27.8 Å². The van der Waals surface area contributed by atoms with Crippen LogP contribution in [0.3, 0.4) is 0 Å². The number of benzene rings is 4. The van der Waals surface area contributed by atoms with Crippen molar-refractivity contribution in [3.63, 3.8) is 0 Å². The van der Waals surface area contributed by atoms with E-state index in [1.54, 1.807) is 42.5 Å². The Balaban J connectivity index is 0.973. The standard InChI is InChI=1S/C42H41ClN4O8/c43-22-21-32(26-7-13-29(48)14-8-26)40(27-9-15-30(49)16-10-27)28-11-17-31(18-12-28)55-24-23-44-37(50)5-2-6-38(51)45-35-4-1-3-33-34(35)25-47(42(33)54)36-19-20-39(52)46-41(36)53/h1,3-4,7-18,36,48-49H,2,5-6,19-25H2,(H,44,50)(H,45,51)(H,46,52,53). The molecule has 1 fully saturated rings. The molecule has 13 heteroatoms. The zero-order chi connectivity index (χ0) is 38.9. The lowest BCUT2D eigenvalue weighted by atomic mass is 9.88. The molecule has 1 atom stereocenters. The van der Waals surface area contributed by atoms with Crippen LogP contribution < -0.4 is 20.7 Å². The number of carbonyl (C=O) groups is 5. The van der Waals surface area contributed by atoms with Gasteiger partial charge in [0, 0.05) is 48.5 Å². The summed E-state index contributed by atoms with van der Waals surface area (Å²) < 4.78 is 5.89. The van der Waals surface area contributed by atoms with Crippen LogP contribution in [0.5, 0.6) is 17.2 Å². The van der Waals surface area contributed by atoms with Gasteiger partial charge in [0.1, 0.15) is 29.9 Å². The number of ether oxygens (including phenoxy) is 1. The fourth-order valence-electron chi connectivity index (χ4n) is 6.80. The zero-order valence-electron chi connectivity index (χ0n) is 30.0. The summed E-state index contributed by atoms with van der Waals surface area (Å²) in [4.78, 5) is 63.7. The van der Waals surface area contributed by atoms with E-state index in [-0.39, 0.29) is 80.5 Å². The number of rotatable bonds is 15. The summed E-state index contributed by atoms with van der Waals surface area (Å²) in [5, 5.41) is 27.7. The van der Waals surface area contributed by atoms with Crippen LogP contribution in [-0.2, 0) is 25.7 Å². The molecule has 0 saturated carbocycles. The molecule has 1 unspecified atom stereocenters. The van der Waals surface area contributed by atoms with Gasteiger partial charge in [-0.2, -0.15) is 0 Å². The molecule has 4 aromatic rings. The molecule has 0 radical (unpaired) electrons. The molecule has 0 aliphatic carbocycles. The first-order valence-electron chi connectivity index (χ1n) is 18.1. The van der Waals surface area contributed by atoms with E-state index in [1.807, 2.05) is 48.5 Å². The number of imide groups is 1. The maximum atomic E-state index is 13.1. The van der Waals surface area contributed by atoms with Crippen LogP contribution in [0.25, 0.3) is 11.1 Å². The van der Waals surface area contributed by atoms with Crippen molar-refractivity contribution in [3.8, 4) is 17.2 Å². The fourth-order valence-corrected chi connectivity index (χ4v) is 6.99. The second-order valence-corrected chi connectivity index (χ2v) is 13.6. The van der Waals surface area contributed by atoms with Gasteiger partial charge in [-0.25, -0.2) is 0 Å². The predicted molar refractivity (Wildman–Crippen MR) is 207 cm³/mol. The van der Waals surface area contributed by atoms with Crippen molar-refractivity contribution in [1.29, 1.82) is 0 Å². The molecular formula is C42H41ClN4O8. The molecule has 2 heterocycles. The van der Waals surface area contributed by atoms with E-state index < -0.39 is 11.9 Å². The predicted octanol–water partition coefficient (Wildman–Crippen LogP) is 5.75. The molecule has 0 aromatic heterocycles. The van der Waals surface area contributed by atoms with Crippen LogP contribution in [0.4, 0.5) is 5.69 Å². The maximum absolute atomic E-state index is 13.1. The number of phenols is 2. The van der Waals surface area contributed by atoms with Crippen molar-refractivity contribution in [2.24, 2.45) is 0 Å². The third-order valence-corrected chi connectivity index (χ3v) is 9.71. The minimum absolute atomic E-state index is 0.0880. The molecule has 6 rings (SSSR count). The normalized spacial score (nSPS) is 15.5. The van der Waals surface area contributed by atoms with E-state index in [0.29, 0.717) is 41.3 Å². The fraction of sp³-hybridized carbons (Fsp3) is 0.262. The molecule has 0 bridgehead atoms. The molecule has 2 aliphatic rings. The second-order valence-electron chi connectivity index (χ2n) is 13.2. The highest BCUT2D eigenvalue weighted by Gasteiger charge is 2.40. The van der Waals surface area contributed by atoms with Gasteiger partial charge in [0.05, 0.1) is 6.54 Å². The van der Waals surface area contributed by atoms with E-state index in [2.05, 4.69) is 16.0 Å². The molecule has 4 aromatic carbocycles. The lowest BCUT2D eigenvalue weighted by Gasteiger charge is -2.29. The number of phenolic OH excluding ortho intramolecular Hbond substituents is 2. The van der Waals surface area contributed by atoms with Crippen LogP contribution in [0.2, 0.25) is 0 Å². The zero-order valence-corrected chi connectivity index (χ0v) is 30.7. The smallest absolute Gasteiger partial charge is 0.255 e. The number of amides is 5. The molecule has 5 N–H and O–H groups in total. The van der Waals surface area contributed by atoms with Gasteiger partial charge in [-0.15, -0.1) is 11.6 Å². The minimum atomic E-state index is -0.753. The van der Waals surface area contributed by atoms with Gasteiger partial charge in [0.15, 0.2) is 0 Å². The SMILES string of the molecule is O=C(CCCC(=O)Nc1cccc2c1CN(C1CCC(=O)NC1=O)C2=O)NCCOc1ccc(C(=C(CCCl)c2ccc(O)cc2)c2ccc(O)cc2)cc1. The van der Waals surface area contributed by atoms with Gasteiger partial charge < -0.3 is 30.5 Å². The molecule has 1 saturated heterocycles. The average molecular weight is 765 g/mol. The van der Waals surface area contributed by atoms with E-state index >= 15 is 0 Å². The number of anilines is 1. The number of carbonyl (C=O) groups excluding carboxylic acids is 5. The lowest BCUT2D eigenvalue weighted by molar-refractivity contribution is -0.137. The Morgan fingerprint density at radius 2 is 1.45 bits per heavy atom. The number of nitrogens with one attached hydrogen (secondary N) is 3. The second kappa shape index (κ2) is 17.8. The van der Waals surface area contributed by atoms with Crippen LogP contribution in [0.15, 0.2) is 91.0 Å². The van der Waals surface area contributed by atoms with Gasteiger partial charge in [-0.1, -0.05) is 42.5 Å². The summed E-state index contributed by atoms with van der Waals surface area (Å²) in [5.74, 6) is -0.408. The Hall–Kier alpha value is -6.14. The largest absolute Gasteiger partial charge is 0.508 e. The number of hydrogen-bond acceptors (Lipinski definition) is 8. The Labute approximate surface area is 323 Å². The number of fused-ring (bicyclic) bond motifs is 1. The first kappa shape index (κ1) is 38.6. The van der Waals surface area contributed by atoms with E-state index in [9.17, 15) is 34.2 Å². The third-order valence-electron chi connectivity index (χ3n) is 9.52. The van der Waals surface area contributed by atoms with Gasteiger partial charge in [-0.05, 0) is 95.6 Å². The number of nitrogens with zero attached hydrogens (tertiary/aromatic N) is 1. The first-order valence-corrected chi connectivity index (χ1v) is 18.6. The Bertz CT molecular complexity index is 2100. The number of aromatic hydroxyl groups is 2. The quantitative estimate of drug-likeness (QED) is 0.0440. The average Bonchev–Trinajstić information content (AvgIpc) is 3.51. The van der Waals surface area contributed by atoms with Crippen molar-refractivity contribution >= 4 is 58.0 Å². The summed E-state index contributed by atoms with van der Waals surface area (Å²) in [7, 11) is 0. The highest BCUT2D eigenvalue weighted by Crippen LogP contribution is 2.37. The molecule has 0 spiro atoms. The Kier molecular flexibility index (Phi) is 12.5.